The van der Waals surface area contributed by atoms with Crippen LogP contribution in [0.4, 0.5) is 10.1 Å². The van der Waals surface area contributed by atoms with Gasteiger partial charge in [0.15, 0.2) is 5.82 Å². The van der Waals surface area contributed by atoms with Crippen molar-refractivity contribution in [3.05, 3.63) is 107 Å². The predicted molar refractivity (Wildman–Crippen MR) is 132 cm³/mol. The minimum absolute atomic E-state index is 0.0698. The zero-order valence-corrected chi connectivity index (χ0v) is 19.8. The van der Waals surface area contributed by atoms with E-state index < -0.39 is 0 Å². The molecular weight excluding hydrogens is 459 g/mol. The molecule has 1 fully saturated rings. The molecule has 4 aromatic rings. The number of amides is 2. The van der Waals surface area contributed by atoms with E-state index in [-0.39, 0.29) is 23.7 Å². The summed E-state index contributed by atoms with van der Waals surface area (Å²) in [6.45, 7) is 2.85. The molecule has 0 aliphatic carbocycles. The van der Waals surface area contributed by atoms with Crippen molar-refractivity contribution in [3.63, 3.8) is 0 Å². The van der Waals surface area contributed by atoms with Crippen LogP contribution < -0.4 is 5.32 Å². The molecule has 1 atom stereocenters. The van der Waals surface area contributed by atoms with Gasteiger partial charge in [-0.2, -0.15) is 5.10 Å². The maximum Gasteiger partial charge on any atom is 0.259 e. The number of benzene rings is 2. The van der Waals surface area contributed by atoms with Crippen molar-refractivity contribution in [1.29, 1.82) is 0 Å². The molecular formula is C27H25FN6O2. The van der Waals surface area contributed by atoms with Crippen LogP contribution in [0.5, 0.6) is 0 Å². The summed E-state index contributed by atoms with van der Waals surface area (Å²) >= 11 is 0. The second-order valence-electron chi connectivity index (χ2n) is 8.71. The van der Waals surface area contributed by atoms with Crippen molar-refractivity contribution in [3.8, 4) is 0 Å². The van der Waals surface area contributed by atoms with E-state index in [0.717, 1.165) is 18.4 Å². The standard InChI is InChI=1S/C27H25FN6O2/c1-18-23(26(35)32-21-11-9-20(28)10-12-21)16-29-25(31-18)24-8-4-15-34(24)27(36)22-7-3-2-6-19(22)17-33-14-5-13-30-33/h2-3,5-7,9-14,16,24H,4,8,15,17H2,1H3,(H,32,35)/t24-/m1/s1. The zero-order valence-electron chi connectivity index (χ0n) is 19.8. The Bertz CT molecular complexity index is 1390. The highest BCUT2D eigenvalue weighted by molar-refractivity contribution is 6.04. The highest BCUT2D eigenvalue weighted by atomic mass is 19.1. The highest BCUT2D eigenvalue weighted by Crippen LogP contribution is 2.32. The fourth-order valence-electron chi connectivity index (χ4n) is 4.47. The van der Waals surface area contributed by atoms with Gasteiger partial charge in [-0.15, -0.1) is 0 Å². The molecule has 36 heavy (non-hydrogen) atoms. The predicted octanol–water partition coefficient (Wildman–Crippen LogP) is 4.40. The van der Waals surface area contributed by atoms with Crippen LogP contribution >= 0.6 is 0 Å². The van der Waals surface area contributed by atoms with Gasteiger partial charge in [-0.3, -0.25) is 14.3 Å². The first-order chi connectivity index (χ1) is 17.5. The Hall–Kier alpha value is -4.40. The molecule has 0 bridgehead atoms. The second-order valence-corrected chi connectivity index (χ2v) is 8.71. The zero-order chi connectivity index (χ0) is 25.1. The van der Waals surface area contributed by atoms with Crippen LogP contribution in [-0.2, 0) is 6.54 Å². The van der Waals surface area contributed by atoms with Crippen molar-refractivity contribution in [2.24, 2.45) is 0 Å². The van der Waals surface area contributed by atoms with Gasteiger partial charge in [0.1, 0.15) is 5.82 Å². The van der Waals surface area contributed by atoms with E-state index in [1.807, 2.05) is 41.4 Å². The number of hydrogen-bond donors (Lipinski definition) is 1. The first kappa shape index (κ1) is 23.3. The lowest BCUT2D eigenvalue weighted by molar-refractivity contribution is 0.0728. The van der Waals surface area contributed by atoms with Crippen LogP contribution in [0.2, 0.25) is 0 Å². The summed E-state index contributed by atoms with van der Waals surface area (Å²) in [7, 11) is 0. The van der Waals surface area contributed by atoms with Gasteiger partial charge >= 0.3 is 0 Å². The van der Waals surface area contributed by atoms with Crippen LogP contribution in [0.25, 0.3) is 0 Å². The first-order valence-electron chi connectivity index (χ1n) is 11.8. The normalized spacial score (nSPS) is 15.2. The van der Waals surface area contributed by atoms with Crippen molar-refractivity contribution >= 4 is 17.5 Å². The fourth-order valence-corrected chi connectivity index (χ4v) is 4.47. The van der Waals surface area contributed by atoms with Crippen LogP contribution in [0.3, 0.4) is 0 Å². The maximum absolute atomic E-state index is 13.6. The summed E-state index contributed by atoms with van der Waals surface area (Å²) in [6, 6.07) is 14.7. The molecule has 1 saturated heterocycles. The van der Waals surface area contributed by atoms with Gasteiger partial charge < -0.3 is 10.2 Å². The van der Waals surface area contributed by atoms with Gasteiger partial charge in [0.25, 0.3) is 11.8 Å². The Labute approximate surface area is 207 Å². The second kappa shape index (κ2) is 10.1. The average molecular weight is 485 g/mol. The summed E-state index contributed by atoms with van der Waals surface area (Å²) < 4.78 is 14.9. The van der Waals surface area contributed by atoms with Gasteiger partial charge in [-0.25, -0.2) is 14.4 Å². The summed E-state index contributed by atoms with van der Waals surface area (Å²) in [5.41, 5.74) is 2.83. The van der Waals surface area contributed by atoms with Crippen LogP contribution in [0.15, 0.2) is 73.2 Å². The Balaban J connectivity index is 1.35. The van der Waals surface area contributed by atoms with E-state index >= 15 is 0 Å². The van der Waals surface area contributed by atoms with E-state index in [0.29, 0.717) is 41.4 Å². The summed E-state index contributed by atoms with van der Waals surface area (Å²) in [4.78, 5) is 37.2. The molecule has 5 rings (SSSR count). The molecule has 9 heteroatoms. The molecule has 8 nitrogen and oxygen atoms in total. The number of carbonyl (C=O) groups is 2. The monoisotopic (exact) mass is 484 g/mol. The van der Waals surface area contributed by atoms with Crippen LogP contribution in [-0.4, -0.2) is 43.0 Å². The highest BCUT2D eigenvalue weighted by Gasteiger charge is 2.33. The van der Waals surface area contributed by atoms with Gasteiger partial charge in [0, 0.05) is 36.4 Å². The molecule has 2 aromatic carbocycles. The van der Waals surface area contributed by atoms with E-state index in [1.165, 1.54) is 30.5 Å². The molecule has 2 amide bonds. The number of hydrogen-bond acceptors (Lipinski definition) is 5. The van der Waals surface area contributed by atoms with Crippen molar-refractivity contribution in [2.75, 3.05) is 11.9 Å². The van der Waals surface area contributed by atoms with Gasteiger partial charge in [0.05, 0.1) is 23.8 Å². The molecule has 0 unspecified atom stereocenters. The Morgan fingerprint density at radius 2 is 1.89 bits per heavy atom. The third kappa shape index (κ3) is 4.86. The fraction of sp³-hybridized carbons (Fsp3) is 0.222. The van der Waals surface area contributed by atoms with Gasteiger partial charge in [-0.1, -0.05) is 18.2 Å². The summed E-state index contributed by atoms with van der Waals surface area (Å²) in [5.74, 6) is -0.310. The van der Waals surface area contributed by atoms with Gasteiger partial charge in [0.2, 0.25) is 0 Å². The molecule has 2 aromatic heterocycles. The summed E-state index contributed by atoms with van der Waals surface area (Å²) in [6.07, 6.45) is 6.65. The van der Waals surface area contributed by atoms with E-state index in [4.69, 9.17) is 0 Å². The smallest absolute Gasteiger partial charge is 0.259 e. The third-order valence-electron chi connectivity index (χ3n) is 6.30. The third-order valence-corrected chi connectivity index (χ3v) is 6.30. The lowest BCUT2D eigenvalue weighted by atomic mass is 10.1. The molecule has 182 valence electrons. The molecule has 1 N–H and O–H groups in total. The minimum Gasteiger partial charge on any atom is -0.328 e. The van der Waals surface area contributed by atoms with E-state index in [9.17, 15) is 14.0 Å². The molecule has 3 heterocycles. The van der Waals surface area contributed by atoms with Crippen molar-refractivity contribution in [1.82, 2.24) is 24.6 Å². The number of anilines is 1. The number of rotatable bonds is 6. The molecule has 0 spiro atoms. The van der Waals surface area contributed by atoms with Crippen molar-refractivity contribution < 1.29 is 14.0 Å². The summed E-state index contributed by atoms with van der Waals surface area (Å²) in [5, 5.41) is 6.99. The molecule has 0 saturated carbocycles. The lowest BCUT2D eigenvalue weighted by Crippen LogP contribution is -2.32. The quantitative estimate of drug-likeness (QED) is 0.438. The number of aromatic nitrogens is 4. The number of likely N-dealkylation sites (tertiary alicyclic amines) is 1. The Morgan fingerprint density at radius 1 is 1.08 bits per heavy atom. The Morgan fingerprint density at radius 3 is 2.64 bits per heavy atom. The lowest BCUT2D eigenvalue weighted by Gasteiger charge is -2.25. The molecule has 0 radical (unpaired) electrons. The first-order valence-corrected chi connectivity index (χ1v) is 11.8. The minimum atomic E-state index is -0.378. The average Bonchev–Trinajstić information content (AvgIpc) is 3.58. The molecule has 1 aliphatic heterocycles. The van der Waals surface area contributed by atoms with Crippen LogP contribution in [0.1, 0.15) is 56.7 Å². The van der Waals surface area contributed by atoms with Gasteiger partial charge in [-0.05, 0) is 61.7 Å². The number of nitrogens with one attached hydrogen (secondary N) is 1. The largest absolute Gasteiger partial charge is 0.328 e. The van der Waals surface area contributed by atoms with Crippen LogP contribution in [0, 0.1) is 12.7 Å². The maximum atomic E-state index is 13.6. The number of nitrogens with zero attached hydrogens (tertiary/aromatic N) is 5. The van der Waals surface area contributed by atoms with E-state index in [2.05, 4.69) is 20.4 Å². The number of halogens is 1. The SMILES string of the molecule is Cc1nc([C@H]2CCCN2C(=O)c2ccccc2Cn2cccn2)ncc1C(=O)Nc1ccc(F)cc1. The number of aryl methyl sites for hydroxylation is 1. The van der Waals surface area contributed by atoms with E-state index in [1.54, 1.807) is 17.8 Å². The number of carbonyl (C=O) groups excluding carboxylic acids is 2. The van der Waals surface area contributed by atoms with Crippen molar-refractivity contribution in [2.45, 2.75) is 32.4 Å². The topological polar surface area (TPSA) is 93.0 Å². The molecule has 1 aliphatic rings. The Kier molecular flexibility index (Phi) is 6.53.